The van der Waals surface area contributed by atoms with E-state index in [1.54, 1.807) is 25.2 Å². The number of para-hydroxylation sites is 1. The SMILES string of the molecule is CNc1nc(OCC(F)F)c2ccccc2n1. The fourth-order valence-corrected chi connectivity index (χ4v) is 1.41. The highest BCUT2D eigenvalue weighted by Crippen LogP contribution is 2.23. The number of alkyl halides is 2. The van der Waals surface area contributed by atoms with Gasteiger partial charge in [-0.15, -0.1) is 0 Å². The Morgan fingerprint density at radius 3 is 2.76 bits per heavy atom. The van der Waals surface area contributed by atoms with E-state index in [1.807, 2.05) is 6.07 Å². The van der Waals surface area contributed by atoms with E-state index in [0.717, 1.165) is 0 Å². The van der Waals surface area contributed by atoms with E-state index in [-0.39, 0.29) is 5.88 Å². The molecule has 4 nitrogen and oxygen atoms in total. The molecule has 1 heterocycles. The van der Waals surface area contributed by atoms with Crippen molar-refractivity contribution in [3.63, 3.8) is 0 Å². The number of nitrogens with one attached hydrogen (secondary N) is 1. The molecule has 0 aliphatic carbocycles. The molecule has 0 saturated heterocycles. The van der Waals surface area contributed by atoms with Crippen LogP contribution in [0.25, 0.3) is 10.9 Å². The van der Waals surface area contributed by atoms with Crippen LogP contribution in [0.3, 0.4) is 0 Å². The maximum atomic E-state index is 12.1. The Kier molecular flexibility index (Phi) is 3.32. The Bertz CT molecular complexity index is 519. The fraction of sp³-hybridized carbons (Fsp3) is 0.273. The number of anilines is 1. The first kappa shape index (κ1) is 11.5. The molecule has 0 aliphatic rings. The third-order valence-corrected chi connectivity index (χ3v) is 2.14. The van der Waals surface area contributed by atoms with E-state index >= 15 is 0 Å². The Morgan fingerprint density at radius 1 is 1.29 bits per heavy atom. The molecule has 0 fully saturated rings. The molecular formula is C11H11F2N3O. The number of hydrogen-bond donors (Lipinski definition) is 1. The highest BCUT2D eigenvalue weighted by Gasteiger charge is 2.10. The second-order valence-electron chi connectivity index (χ2n) is 3.32. The van der Waals surface area contributed by atoms with Crippen LogP contribution in [0.5, 0.6) is 5.88 Å². The molecule has 0 atom stereocenters. The van der Waals surface area contributed by atoms with Crippen molar-refractivity contribution in [2.75, 3.05) is 19.0 Å². The summed E-state index contributed by atoms with van der Waals surface area (Å²) in [6, 6.07) is 7.09. The number of aromatic nitrogens is 2. The molecule has 6 heteroatoms. The number of ether oxygens (including phenoxy) is 1. The molecule has 0 unspecified atom stereocenters. The van der Waals surface area contributed by atoms with Crippen LogP contribution in [-0.4, -0.2) is 30.0 Å². The van der Waals surface area contributed by atoms with E-state index in [2.05, 4.69) is 15.3 Å². The Morgan fingerprint density at radius 2 is 2.06 bits per heavy atom. The largest absolute Gasteiger partial charge is 0.471 e. The van der Waals surface area contributed by atoms with Gasteiger partial charge in [-0.3, -0.25) is 0 Å². The van der Waals surface area contributed by atoms with Gasteiger partial charge in [0.15, 0.2) is 6.61 Å². The number of halogens is 2. The van der Waals surface area contributed by atoms with Gasteiger partial charge >= 0.3 is 0 Å². The smallest absolute Gasteiger partial charge is 0.272 e. The summed E-state index contributed by atoms with van der Waals surface area (Å²) in [5.41, 5.74) is 0.649. The van der Waals surface area contributed by atoms with Gasteiger partial charge in [-0.1, -0.05) is 12.1 Å². The maximum absolute atomic E-state index is 12.1. The molecule has 0 amide bonds. The highest BCUT2D eigenvalue weighted by molar-refractivity contribution is 5.84. The molecule has 2 aromatic rings. The van der Waals surface area contributed by atoms with Crippen molar-refractivity contribution in [2.45, 2.75) is 6.43 Å². The van der Waals surface area contributed by atoms with Crippen LogP contribution in [-0.2, 0) is 0 Å². The second kappa shape index (κ2) is 4.90. The summed E-state index contributed by atoms with van der Waals surface area (Å²) in [5, 5.41) is 3.38. The molecular weight excluding hydrogens is 228 g/mol. The zero-order chi connectivity index (χ0) is 12.3. The summed E-state index contributed by atoms with van der Waals surface area (Å²) in [5.74, 6) is 0.508. The van der Waals surface area contributed by atoms with E-state index in [4.69, 9.17) is 4.74 Å². The van der Waals surface area contributed by atoms with Crippen molar-refractivity contribution < 1.29 is 13.5 Å². The van der Waals surface area contributed by atoms with Crippen LogP contribution >= 0.6 is 0 Å². The van der Waals surface area contributed by atoms with Gasteiger partial charge in [-0.2, -0.15) is 4.98 Å². The van der Waals surface area contributed by atoms with E-state index in [9.17, 15) is 8.78 Å². The number of hydrogen-bond acceptors (Lipinski definition) is 4. The summed E-state index contributed by atoms with van der Waals surface area (Å²) in [6.07, 6.45) is -2.53. The first-order valence-electron chi connectivity index (χ1n) is 5.06. The van der Waals surface area contributed by atoms with Gasteiger partial charge in [-0.25, -0.2) is 13.8 Å². The molecule has 90 valence electrons. The monoisotopic (exact) mass is 239 g/mol. The molecule has 2 rings (SSSR count). The van der Waals surface area contributed by atoms with E-state index in [0.29, 0.717) is 16.9 Å². The van der Waals surface area contributed by atoms with Gasteiger partial charge in [0.2, 0.25) is 11.8 Å². The quantitative estimate of drug-likeness (QED) is 0.889. The van der Waals surface area contributed by atoms with E-state index < -0.39 is 13.0 Å². The molecule has 0 saturated carbocycles. The van der Waals surface area contributed by atoms with Crippen LogP contribution in [0, 0.1) is 0 Å². The van der Waals surface area contributed by atoms with Crippen molar-refractivity contribution in [3.05, 3.63) is 24.3 Å². The zero-order valence-corrected chi connectivity index (χ0v) is 9.15. The molecule has 0 spiro atoms. The lowest BCUT2D eigenvalue weighted by Gasteiger charge is -2.09. The standard InChI is InChI=1S/C11H11F2N3O/c1-14-11-15-8-5-3-2-4-7(8)10(16-11)17-6-9(12)13/h2-5,9H,6H2,1H3,(H,14,15,16). The summed E-state index contributed by atoms with van der Waals surface area (Å²) >= 11 is 0. The number of benzene rings is 1. The third-order valence-electron chi connectivity index (χ3n) is 2.14. The van der Waals surface area contributed by atoms with Crippen LogP contribution in [0.15, 0.2) is 24.3 Å². The van der Waals surface area contributed by atoms with Crippen molar-refractivity contribution in [1.82, 2.24) is 9.97 Å². The number of fused-ring (bicyclic) bond motifs is 1. The maximum Gasteiger partial charge on any atom is 0.272 e. The first-order chi connectivity index (χ1) is 8.20. The van der Waals surface area contributed by atoms with Crippen molar-refractivity contribution in [2.24, 2.45) is 0 Å². The van der Waals surface area contributed by atoms with Crippen molar-refractivity contribution in [3.8, 4) is 5.88 Å². The van der Waals surface area contributed by atoms with Crippen LogP contribution in [0.1, 0.15) is 0 Å². The lowest BCUT2D eigenvalue weighted by molar-refractivity contribution is 0.0805. The first-order valence-corrected chi connectivity index (χ1v) is 5.06. The van der Waals surface area contributed by atoms with Gasteiger partial charge in [0, 0.05) is 7.05 Å². The Balaban J connectivity index is 2.43. The molecule has 1 aromatic heterocycles. The van der Waals surface area contributed by atoms with Gasteiger partial charge in [0.25, 0.3) is 6.43 Å². The Labute approximate surface area is 96.6 Å². The fourth-order valence-electron chi connectivity index (χ4n) is 1.41. The normalized spacial score (nSPS) is 10.8. The summed E-state index contributed by atoms with van der Waals surface area (Å²) in [6.45, 7) is -0.676. The number of rotatable bonds is 4. The molecule has 0 radical (unpaired) electrons. The Hall–Kier alpha value is -1.98. The third kappa shape index (κ3) is 2.58. The van der Waals surface area contributed by atoms with Crippen LogP contribution in [0.4, 0.5) is 14.7 Å². The topological polar surface area (TPSA) is 47.0 Å². The summed E-state index contributed by atoms with van der Waals surface area (Å²) in [7, 11) is 1.65. The minimum atomic E-state index is -2.53. The highest BCUT2D eigenvalue weighted by atomic mass is 19.3. The number of nitrogens with zero attached hydrogens (tertiary/aromatic N) is 2. The molecule has 1 N–H and O–H groups in total. The average Bonchev–Trinajstić information content (AvgIpc) is 2.35. The lowest BCUT2D eigenvalue weighted by Crippen LogP contribution is -2.09. The van der Waals surface area contributed by atoms with Crippen LogP contribution < -0.4 is 10.1 Å². The zero-order valence-electron chi connectivity index (χ0n) is 9.15. The van der Waals surface area contributed by atoms with Gasteiger partial charge in [0.1, 0.15) is 0 Å². The van der Waals surface area contributed by atoms with Crippen molar-refractivity contribution in [1.29, 1.82) is 0 Å². The molecule has 0 aliphatic heterocycles. The molecule has 0 bridgehead atoms. The summed E-state index contributed by atoms with van der Waals surface area (Å²) in [4.78, 5) is 8.21. The lowest BCUT2D eigenvalue weighted by atomic mass is 10.2. The summed E-state index contributed by atoms with van der Waals surface area (Å²) < 4.78 is 29.2. The second-order valence-corrected chi connectivity index (χ2v) is 3.32. The van der Waals surface area contributed by atoms with Gasteiger partial charge < -0.3 is 10.1 Å². The van der Waals surface area contributed by atoms with Crippen LogP contribution in [0.2, 0.25) is 0 Å². The van der Waals surface area contributed by atoms with Gasteiger partial charge in [0.05, 0.1) is 10.9 Å². The molecule has 17 heavy (non-hydrogen) atoms. The van der Waals surface area contributed by atoms with E-state index in [1.165, 1.54) is 0 Å². The molecule has 1 aromatic carbocycles. The average molecular weight is 239 g/mol. The predicted octanol–water partition coefficient (Wildman–Crippen LogP) is 2.32. The minimum Gasteiger partial charge on any atom is -0.471 e. The van der Waals surface area contributed by atoms with Crippen molar-refractivity contribution >= 4 is 16.9 Å². The van der Waals surface area contributed by atoms with Gasteiger partial charge in [-0.05, 0) is 12.1 Å². The predicted molar refractivity (Wildman–Crippen MR) is 60.6 cm³/mol. The minimum absolute atomic E-state index is 0.167.